The number of allylic oxidation sites excluding steroid dienone is 2. The third-order valence-electron chi connectivity index (χ3n) is 3.92. The van der Waals surface area contributed by atoms with Crippen LogP contribution >= 0.6 is 11.8 Å². The lowest BCUT2D eigenvalue weighted by molar-refractivity contribution is 0.650. The van der Waals surface area contributed by atoms with Gasteiger partial charge in [0.25, 0.3) is 0 Å². The van der Waals surface area contributed by atoms with Gasteiger partial charge in [-0.05, 0) is 55.2 Å². The lowest BCUT2D eigenvalue weighted by Gasteiger charge is -2.05. The van der Waals surface area contributed by atoms with Gasteiger partial charge in [-0.1, -0.05) is 48.2 Å². The molecule has 2 nitrogen and oxygen atoms in total. The number of imidazole rings is 1. The lowest BCUT2D eigenvalue weighted by Crippen LogP contribution is -1.93. The summed E-state index contributed by atoms with van der Waals surface area (Å²) in [6, 6.07) is 19.3. The van der Waals surface area contributed by atoms with E-state index in [1.54, 1.807) is 11.8 Å². The van der Waals surface area contributed by atoms with Crippen LogP contribution in [0.5, 0.6) is 0 Å². The molecule has 0 atom stereocenters. The van der Waals surface area contributed by atoms with E-state index in [0.717, 1.165) is 19.4 Å². The van der Waals surface area contributed by atoms with Crippen molar-refractivity contribution >= 4 is 17.3 Å². The van der Waals surface area contributed by atoms with Crippen LogP contribution in [-0.2, 0) is 6.54 Å². The first-order valence-electron chi connectivity index (χ1n) is 8.27. The molecule has 0 aliphatic rings. The number of rotatable bonds is 7. The SMILES string of the molecule is CC(=CCCCn1ccnc1)c1ccc(Sc2ccccc2)cc1. The molecule has 0 saturated carbocycles. The molecular formula is C21H22N2S. The smallest absolute Gasteiger partial charge is 0.0945 e. The molecule has 1 heterocycles. The van der Waals surface area contributed by atoms with Gasteiger partial charge in [-0.15, -0.1) is 0 Å². The summed E-state index contributed by atoms with van der Waals surface area (Å²) in [6.45, 7) is 3.22. The number of nitrogens with zero attached hydrogens (tertiary/aromatic N) is 2. The first kappa shape index (κ1) is 16.6. The highest BCUT2D eigenvalue weighted by molar-refractivity contribution is 7.99. The summed E-state index contributed by atoms with van der Waals surface area (Å²) in [5.41, 5.74) is 2.65. The standard InChI is InChI=1S/C21H22N2S/c1-18(7-5-6-15-23-16-14-22-17-23)19-10-12-21(13-11-19)24-20-8-3-2-4-9-20/h2-4,7-14,16-17H,5-6,15H2,1H3. The van der Waals surface area contributed by atoms with Gasteiger partial charge < -0.3 is 4.57 Å². The second-order valence-corrected chi connectivity index (χ2v) is 6.92. The van der Waals surface area contributed by atoms with Crippen LogP contribution < -0.4 is 0 Å². The monoisotopic (exact) mass is 334 g/mol. The normalized spacial score (nSPS) is 11.6. The quantitative estimate of drug-likeness (QED) is 0.499. The highest BCUT2D eigenvalue weighted by Gasteiger charge is 1.99. The third kappa shape index (κ3) is 4.87. The number of benzene rings is 2. The first-order chi connectivity index (χ1) is 11.8. The Labute approximate surface area is 148 Å². The van der Waals surface area contributed by atoms with Crippen molar-refractivity contribution in [3.05, 3.63) is 85.0 Å². The average Bonchev–Trinajstić information content (AvgIpc) is 3.13. The number of hydrogen-bond donors (Lipinski definition) is 0. The zero-order valence-corrected chi connectivity index (χ0v) is 14.7. The predicted octanol–water partition coefficient (Wildman–Crippen LogP) is 5.92. The lowest BCUT2D eigenvalue weighted by atomic mass is 10.1. The molecule has 24 heavy (non-hydrogen) atoms. The Morgan fingerprint density at radius 3 is 2.50 bits per heavy atom. The number of unbranched alkanes of at least 4 members (excludes halogenated alkanes) is 1. The zero-order valence-electron chi connectivity index (χ0n) is 13.9. The van der Waals surface area contributed by atoms with E-state index in [0.29, 0.717) is 0 Å². The van der Waals surface area contributed by atoms with E-state index in [9.17, 15) is 0 Å². The van der Waals surface area contributed by atoms with Crippen LogP contribution in [0.25, 0.3) is 5.57 Å². The van der Waals surface area contributed by atoms with Gasteiger partial charge in [0.1, 0.15) is 0 Å². The summed E-state index contributed by atoms with van der Waals surface area (Å²) < 4.78 is 2.12. The number of aryl methyl sites for hydroxylation is 1. The molecule has 0 aliphatic heterocycles. The Morgan fingerprint density at radius 2 is 1.79 bits per heavy atom. The molecule has 0 radical (unpaired) electrons. The fraction of sp³-hybridized carbons (Fsp3) is 0.190. The molecule has 3 heteroatoms. The summed E-state index contributed by atoms with van der Waals surface area (Å²) in [5.74, 6) is 0. The highest BCUT2D eigenvalue weighted by atomic mass is 32.2. The van der Waals surface area contributed by atoms with Gasteiger partial charge >= 0.3 is 0 Å². The Kier molecular flexibility index (Phi) is 5.91. The fourth-order valence-corrected chi connectivity index (χ4v) is 3.38. The molecule has 0 aliphatic carbocycles. The second kappa shape index (κ2) is 8.55. The molecule has 2 aromatic carbocycles. The van der Waals surface area contributed by atoms with Crippen molar-refractivity contribution in [1.82, 2.24) is 9.55 Å². The van der Waals surface area contributed by atoms with Crippen LogP contribution in [0.2, 0.25) is 0 Å². The molecule has 3 aromatic rings. The molecule has 0 N–H and O–H groups in total. The van der Waals surface area contributed by atoms with Crippen molar-refractivity contribution in [3.8, 4) is 0 Å². The van der Waals surface area contributed by atoms with Crippen molar-refractivity contribution in [3.63, 3.8) is 0 Å². The molecule has 0 spiro atoms. The molecule has 1 aromatic heterocycles. The van der Waals surface area contributed by atoms with E-state index >= 15 is 0 Å². The van der Waals surface area contributed by atoms with Gasteiger partial charge in [-0.25, -0.2) is 4.98 Å². The van der Waals surface area contributed by atoms with Crippen LogP contribution in [0.15, 0.2) is 89.2 Å². The van der Waals surface area contributed by atoms with Gasteiger partial charge in [0, 0.05) is 28.7 Å². The summed E-state index contributed by atoms with van der Waals surface area (Å²) >= 11 is 1.80. The Hall–Kier alpha value is -2.26. The van der Waals surface area contributed by atoms with Gasteiger partial charge in [-0.2, -0.15) is 0 Å². The van der Waals surface area contributed by atoms with Gasteiger partial charge in [0.2, 0.25) is 0 Å². The van der Waals surface area contributed by atoms with E-state index in [2.05, 4.69) is 71.1 Å². The van der Waals surface area contributed by atoms with Crippen molar-refractivity contribution in [1.29, 1.82) is 0 Å². The van der Waals surface area contributed by atoms with Gasteiger partial charge in [0.15, 0.2) is 0 Å². The summed E-state index contributed by atoms with van der Waals surface area (Å²) in [5, 5.41) is 0. The Bertz CT molecular complexity index is 759. The van der Waals surface area contributed by atoms with Crippen LogP contribution in [-0.4, -0.2) is 9.55 Å². The van der Waals surface area contributed by atoms with E-state index in [1.165, 1.54) is 20.9 Å². The van der Waals surface area contributed by atoms with E-state index in [1.807, 2.05) is 24.8 Å². The largest absolute Gasteiger partial charge is 0.337 e. The van der Waals surface area contributed by atoms with Gasteiger partial charge in [0.05, 0.1) is 6.33 Å². The van der Waals surface area contributed by atoms with Crippen LogP contribution in [0.4, 0.5) is 0 Å². The van der Waals surface area contributed by atoms with E-state index < -0.39 is 0 Å². The second-order valence-electron chi connectivity index (χ2n) is 5.77. The van der Waals surface area contributed by atoms with Crippen molar-refractivity contribution < 1.29 is 0 Å². The molecule has 3 rings (SSSR count). The topological polar surface area (TPSA) is 17.8 Å². The number of hydrogen-bond acceptors (Lipinski definition) is 2. The summed E-state index contributed by atoms with van der Waals surface area (Å²) in [6.07, 6.45) is 10.3. The predicted molar refractivity (Wildman–Crippen MR) is 102 cm³/mol. The minimum absolute atomic E-state index is 1.02. The van der Waals surface area contributed by atoms with Crippen molar-refractivity contribution in [2.75, 3.05) is 0 Å². The maximum Gasteiger partial charge on any atom is 0.0945 e. The van der Waals surface area contributed by atoms with E-state index in [4.69, 9.17) is 0 Å². The van der Waals surface area contributed by atoms with Gasteiger partial charge in [-0.3, -0.25) is 0 Å². The highest BCUT2D eigenvalue weighted by Crippen LogP contribution is 2.28. The molecule has 0 fully saturated rings. The van der Waals surface area contributed by atoms with Crippen molar-refractivity contribution in [2.24, 2.45) is 0 Å². The number of aromatic nitrogens is 2. The van der Waals surface area contributed by atoms with Crippen LogP contribution in [0.3, 0.4) is 0 Å². The maximum absolute atomic E-state index is 4.07. The van der Waals surface area contributed by atoms with Crippen molar-refractivity contribution in [2.45, 2.75) is 36.1 Å². The van der Waals surface area contributed by atoms with Crippen LogP contribution in [0.1, 0.15) is 25.3 Å². The minimum atomic E-state index is 1.02. The fourth-order valence-electron chi connectivity index (χ4n) is 2.54. The first-order valence-corrected chi connectivity index (χ1v) is 9.09. The van der Waals surface area contributed by atoms with Crippen LogP contribution in [0, 0.1) is 0 Å². The molecule has 0 amide bonds. The zero-order chi connectivity index (χ0) is 16.6. The Balaban J connectivity index is 1.53. The maximum atomic E-state index is 4.07. The summed E-state index contributed by atoms with van der Waals surface area (Å²) in [4.78, 5) is 6.62. The van der Waals surface area contributed by atoms with E-state index in [-0.39, 0.29) is 0 Å². The molecule has 0 unspecified atom stereocenters. The summed E-state index contributed by atoms with van der Waals surface area (Å²) in [7, 11) is 0. The molecule has 122 valence electrons. The Morgan fingerprint density at radius 1 is 1.04 bits per heavy atom. The molecular weight excluding hydrogens is 312 g/mol. The minimum Gasteiger partial charge on any atom is -0.337 e. The third-order valence-corrected chi connectivity index (χ3v) is 4.93. The average molecular weight is 334 g/mol. The molecule has 0 bridgehead atoms. The molecule has 0 saturated heterocycles.